The molecule has 2 aromatic rings. The first kappa shape index (κ1) is 14.7. The summed E-state index contributed by atoms with van der Waals surface area (Å²) in [5, 5.41) is 9.91. The first-order valence-corrected chi connectivity index (χ1v) is 7.55. The summed E-state index contributed by atoms with van der Waals surface area (Å²) >= 11 is 1.50. The van der Waals surface area contributed by atoms with Gasteiger partial charge >= 0.3 is 0 Å². The van der Waals surface area contributed by atoms with Crippen LogP contribution >= 0.6 is 11.3 Å². The van der Waals surface area contributed by atoms with Crippen LogP contribution in [-0.2, 0) is 6.42 Å². The predicted molar refractivity (Wildman–Crippen MR) is 80.2 cm³/mol. The van der Waals surface area contributed by atoms with Crippen molar-refractivity contribution >= 4 is 17.2 Å². The van der Waals surface area contributed by atoms with Gasteiger partial charge in [0, 0.05) is 24.7 Å². The number of aromatic amines is 1. The molecule has 0 bridgehead atoms. The van der Waals surface area contributed by atoms with E-state index in [9.17, 15) is 4.79 Å². The smallest absolute Gasteiger partial charge is 0.273 e. The third-order valence-electron chi connectivity index (χ3n) is 3.39. The maximum atomic E-state index is 12.1. The van der Waals surface area contributed by atoms with Crippen molar-refractivity contribution < 1.29 is 4.79 Å². The molecular formula is C14H20N4OS. The van der Waals surface area contributed by atoms with Crippen LogP contribution in [0.15, 0.2) is 5.38 Å². The van der Waals surface area contributed by atoms with Crippen molar-refractivity contribution in [2.75, 3.05) is 13.6 Å². The fourth-order valence-electron chi connectivity index (χ4n) is 2.19. The molecule has 0 saturated heterocycles. The van der Waals surface area contributed by atoms with Gasteiger partial charge in [-0.25, -0.2) is 4.98 Å². The van der Waals surface area contributed by atoms with Crippen molar-refractivity contribution in [2.45, 2.75) is 33.6 Å². The van der Waals surface area contributed by atoms with Crippen LogP contribution in [-0.4, -0.2) is 39.6 Å². The standard InChI is InChI=1S/C14H20N4OS/c1-9-12(10(2)17-16-9)6-5-7-18(4)14(19)13-8-20-11(3)15-13/h8H,5-7H2,1-4H3,(H,16,17). The van der Waals surface area contributed by atoms with Gasteiger partial charge in [-0.05, 0) is 39.2 Å². The highest BCUT2D eigenvalue weighted by atomic mass is 32.1. The fraction of sp³-hybridized carbons (Fsp3) is 0.500. The summed E-state index contributed by atoms with van der Waals surface area (Å²) in [6.07, 6.45) is 1.86. The van der Waals surface area contributed by atoms with Crippen molar-refractivity contribution in [3.8, 4) is 0 Å². The second-order valence-electron chi connectivity index (χ2n) is 4.99. The van der Waals surface area contributed by atoms with Crippen molar-refractivity contribution in [3.63, 3.8) is 0 Å². The number of nitrogens with zero attached hydrogens (tertiary/aromatic N) is 3. The Kier molecular flexibility index (Phi) is 4.54. The van der Waals surface area contributed by atoms with Gasteiger partial charge in [-0.2, -0.15) is 5.10 Å². The monoisotopic (exact) mass is 292 g/mol. The lowest BCUT2D eigenvalue weighted by atomic mass is 10.1. The molecule has 108 valence electrons. The van der Waals surface area contributed by atoms with Crippen LogP contribution in [0.2, 0.25) is 0 Å². The summed E-state index contributed by atoms with van der Waals surface area (Å²) < 4.78 is 0. The van der Waals surface area contributed by atoms with E-state index in [2.05, 4.69) is 15.2 Å². The molecule has 0 aromatic carbocycles. The summed E-state index contributed by atoms with van der Waals surface area (Å²) in [4.78, 5) is 18.1. The third kappa shape index (κ3) is 3.25. The Balaban J connectivity index is 1.86. The molecule has 2 heterocycles. The van der Waals surface area contributed by atoms with Crippen LogP contribution in [0.4, 0.5) is 0 Å². The Morgan fingerprint density at radius 1 is 1.40 bits per heavy atom. The van der Waals surface area contributed by atoms with E-state index in [0.29, 0.717) is 5.69 Å². The summed E-state index contributed by atoms with van der Waals surface area (Å²) in [6, 6.07) is 0. The van der Waals surface area contributed by atoms with Gasteiger partial charge in [0.05, 0.1) is 10.7 Å². The van der Waals surface area contributed by atoms with Gasteiger partial charge in [-0.3, -0.25) is 9.89 Å². The van der Waals surface area contributed by atoms with Gasteiger partial charge in [-0.1, -0.05) is 0 Å². The zero-order valence-corrected chi connectivity index (χ0v) is 13.2. The summed E-state index contributed by atoms with van der Waals surface area (Å²) in [5.41, 5.74) is 3.97. The average molecular weight is 292 g/mol. The van der Waals surface area contributed by atoms with Gasteiger partial charge in [-0.15, -0.1) is 11.3 Å². The number of rotatable bonds is 5. The SMILES string of the molecule is Cc1nc(C(=O)N(C)CCCc2c(C)n[nH]c2C)cs1. The van der Waals surface area contributed by atoms with Crippen LogP contribution in [0.5, 0.6) is 0 Å². The number of H-pyrrole nitrogens is 1. The summed E-state index contributed by atoms with van der Waals surface area (Å²) in [7, 11) is 1.83. The number of hydrogen-bond donors (Lipinski definition) is 1. The average Bonchev–Trinajstić information content (AvgIpc) is 2.97. The van der Waals surface area contributed by atoms with Gasteiger partial charge in [0.25, 0.3) is 5.91 Å². The number of hydrogen-bond acceptors (Lipinski definition) is 4. The maximum Gasteiger partial charge on any atom is 0.273 e. The van der Waals surface area contributed by atoms with Gasteiger partial charge < -0.3 is 4.90 Å². The molecule has 0 aliphatic heterocycles. The van der Waals surface area contributed by atoms with Crippen LogP contribution in [0.3, 0.4) is 0 Å². The van der Waals surface area contributed by atoms with Crippen LogP contribution in [0.1, 0.15) is 38.9 Å². The lowest BCUT2D eigenvalue weighted by molar-refractivity contribution is 0.0788. The second kappa shape index (κ2) is 6.17. The molecule has 0 aliphatic carbocycles. The molecule has 0 atom stereocenters. The molecule has 20 heavy (non-hydrogen) atoms. The van der Waals surface area contributed by atoms with Gasteiger partial charge in [0.15, 0.2) is 0 Å². The maximum absolute atomic E-state index is 12.1. The van der Waals surface area contributed by atoms with Crippen LogP contribution < -0.4 is 0 Å². The quantitative estimate of drug-likeness (QED) is 0.921. The minimum atomic E-state index is -0.00464. The lowest BCUT2D eigenvalue weighted by Gasteiger charge is -2.15. The van der Waals surface area contributed by atoms with E-state index in [1.807, 2.05) is 33.2 Å². The van der Waals surface area contributed by atoms with Crippen molar-refractivity contribution in [3.05, 3.63) is 33.0 Å². The first-order chi connectivity index (χ1) is 9.49. The molecule has 1 N–H and O–H groups in total. The van der Waals surface area contributed by atoms with Crippen LogP contribution in [0, 0.1) is 20.8 Å². The normalized spacial score (nSPS) is 10.8. The number of aryl methyl sites for hydroxylation is 3. The van der Waals surface area contributed by atoms with E-state index in [1.165, 1.54) is 16.9 Å². The molecule has 1 amide bonds. The highest BCUT2D eigenvalue weighted by molar-refractivity contribution is 7.09. The van der Waals surface area contributed by atoms with Crippen molar-refractivity contribution in [1.82, 2.24) is 20.1 Å². The first-order valence-electron chi connectivity index (χ1n) is 6.67. The Hall–Kier alpha value is -1.69. The number of nitrogens with one attached hydrogen (secondary N) is 1. The molecule has 5 nitrogen and oxygen atoms in total. The van der Waals surface area contributed by atoms with Gasteiger partial charge in [0.1, 0.15) is 5.69 Å². The number of carbonyl (C=O) groups excluding carboxylic acids is 1. The van der Waals surface area contributed by atoms with E-state index in [4.69, 9.17) is 0 Å². The molecule has 0 unspecified atom stereocenters. The molecule has 0 spiro atoms. The molecule has 0 fully saturated rings. The summed E-state index contributed by atoms with van der Waals surface area (Å²) in [6.45, 7) is 6.67. The number of carbonyl (C=O) groups is 1. The number of thiazole rings is 1. The molecule has 0 aliphatic rings. The molecular weight excluding hydrogens is 272 g/mol. The zero-order valence-electron chi connectivity index (χ0n) is 12.4. The Labute approximate surface area is 123 Å². The summed E-state index contributed by atoms with van der Waals surface area (Å²) in [5.74, 6) is -0.00464. The predicted octanol–water partition coefficient (Wildman–Crippen LogP) is 2.50. The highest BCUT2D eigenvalue weighted by Gasteiger charge is 2.14. The molecule has 6 heteroatoms. The van der Waals surface area contributed by atoms with E-state index < -0.39 is 0 Å². The Morgan fingerprint density at radius 3 is 2.70 bits per heavy atom. The number of amides is 1. The minimum Gasteiger partial charge on any atom is -0.340 e. The Morgan fingerprint density at radius 2 is 2.15 bits per heavy atom. The third-order valence-corrected chi connectivity index (χ3v) is 4.16. The highest BCUT2D eigenvalue weighted by Crippen LogP contribution is 2.13. The largest absolute Gasteiger partial charge is 0.340 e. The zero-order chi connectivity index (χ0) is 14.7. The van der Waals surface area contributed by atoms with E-state index in [-0.39, 0.29) is 5.91 Å². The molecule has 0 saturated carbocycles. The lowest BCUT2D eigenvalue weighted by Crippen LogP contribution is -2.28. The van der Waals surface area contributed by atoms with Crippen LogP contribution in [0.25, 0.3) is 0 Å². The topological polar surface area (TPSA) is 61.9 Å². The molecule has 2 rings (SSSR count). The van der Waals surface area contributed by atoms with E-state index in [0.717, 1.165) is 35.8 Å². The van der Waals surface area contributed by atoms with Crippen molar-refractivity contribution in [2.24, 2.45) is 0 Å². The molecule has 0 radical (unpaired) electrons. The van der Waals surface area contributed by atoms with Gasteiger partial charge in [0.2, 0.25) is 0 Å². The minimum absolute atomic E-state index is 0.00464. The van der Waals surface area contributed by atoms with E-state index in [1.54, 1.807) is 4.90 Å². The molecule has 2 aromatic heterocycles. The van der Waals surface area contributed by atoms with Crippen molar-refractivity contribution in [1.29, 1.82) is 0 Å². The fourth-order valence-corrected chi connectivity index (χ4v) is 2.78. The number of aromatic nitrogens is 3. The second-order valence-corrected chi connectivity index (χ2v) is 6.06. The van der Waals surface area contributed by atoms with E-state index >= 15 is 0 Å². The Bertz CT molecular complexity index is 583.